The monoisotopic (exact) mass is 291 g/mol. The molecule has 0 aromatic heterocycles. The smallest absolute Gasteiger partial charge is 0.279 e. The Bertz CT molecular complexity index is 363. The number of hydrogen-bond acceptors (Lipinski definition) is 3. The molecule has 1 heterocycles. The minimum absolute atomic E-state index is 0.0357. The van der Waals surface area contributed by atoms with Crippen LogP contribution >= 0.6 is 0 Å². The van der Waals surface area contributed by atoms with Gasteiger partial charge in [-0.15, -0.1) is 0 Å². The third-order valence-electron chi connectivity index (χ3n) is 3.29. The maximum atomic E-state index is 12.2. The SMILES string of the molecule is CCNCC1CCCN(S(=O)(=O)NCC(C)(C)C)C1. The van der Waals surface area contributed by atoms with E-state index in [4.69, 9.17) is 0 Å². The molecule has 5 nitrogen and oxygen atoms in total. The summed E-state index contributed by atoms with van der Waals surface area (Å²) < 4.78 is 28.8. The average molecular weight is 291 g/mol. The van der Waals surface area contributed by atoms with Gasteiger partial charge in [0.25, 0.3) is 10.2 Å². The molecule has 1 rings (SSSR count). The Morgan fingerprint density at radius 2 is 2.00 bits per heavy atom. The van der Waals surface area contributed by atoms with Crippen LogP contribution in [0.15, 0.2) is 0 Å². The van der Waals surface area contributed by atoms with Gasteiger partial charge in [0.1, 0.15) is 0 Å². The molecule has 0 radical (unpaired) electrons. The fraction of sp³-hybridized carbons (Fsp3) is 1.00. The minimum Gasteiger partial charge on any atom is -0.317 e. The summed E-state index contributed by atoms with van der Waals surface area (Å²) in [4.78, 5) is 0. The van der Waals surface area contributed by atoms with Gasteiger partial charge in [-0.05, 0) is 37.3 Å². The van der Waals surface area contributed by atoms with Gasteiger partial charge in [-0.3, -0.25) is 0 Å². The Hall–Kier alpha value is -0.170. The van der Waals surface area contributed by atoms with Crippen molar-refractivity contribution in [1.29, 1.82) is 0 Å². The summed E-state index contributed by atoms with van der Waals surface area (Å²) >= 11 is 0. The van der Waals surface area contributed by atoms with Gasteiger partial charge in [0.15, 0.2) is 0 Å². The van der Waals surface area contributed by atoms with Crippen LogP contribution in [0.2, 0.25) is 0 Å². The fourth-order valence-electron chi connectivity index (χ4n) is 2.16. The molecule has 6 heteroatoms. The van der Waals surface area contributed by atoms with Crippen LogP contribution in [-0.2, 0) is 10.2 Å². The summed E-state index contributed by atoms with van der Waals surface area (Å²) in [6, 6.07) is 0. The van der Waals surface area contributed by atoms with E-state index < -0.39 is 10.2 Å². The zero-order valence-electron chi connectivity index (χ0n) is 12.7. The van der Waals surface area contributed by atoms with Crippen molar-refractivity contribution < 1.29 is 8.42 Å². The highest BCUT2D eigenvalue weighted by Gasteiger charge is 2.29. The predicted octanol–water partition coefficient (Wildman–Crippen LogP) is 1.19. The van der Waals surface area contributed by atoms with Gasteiger partial charge < -0.3 is 5.32 Å². The molecule has 1 aliphatic heterocycles. The zero-order chi connectivity index (χ0) is 14.5. The lowest BCUT2D eigenvalue weighted by Gasteiger charge is -2.32. The summed E-state index contributed by atoms with van der Waals surface area (Å²) in [5.74, 6) is 0.430. The molecule has 19 heavy (non-hydrogen) atoms. The molecule has 0 aliphatic carbocycles. The lowest BCUT2D eigenvalue weighted by atomic mass is 9.98. The molecule has 0 amide bonds. The number of rotatable bonds is 6. The van der Waals surface area contributed by atoms with E-state index in [1.165, 1.54) is 0 Å². The molecule has 1 unspecified atom stereocenters. The quantitative estimate of drug-likeness (QED) is 0.773. The molecular weight excluding hydrogens is 262 g/mol. The lowest BCUT2D eigenvalue weighted by molar-refractivity contribution is 0.256. The Labute approximate surface area is 118 Å². The standard InChI is InChI=1S/C13H29N3O2S/c1-5-14-9-12-7-6-8-16(10-12)19(17,18)15-11-13(2,3)4/h12,14-15H,5-11H2,1-4H3. The summed E-state index contributed by atoms with van der Waals surface area (Å²) in [6.07, 6.45) is 2.06. The number of nitrogens with zero attached hydrogens (tertiary/aromatic N) is 1. The molecule has 114 valence electrons. The number of hydrogen-bond donors (Lipinski definition) is 2. The van der Waals surface area contributed by atoms with Crippen LogP contribution < -0.4 is 10.0 Å². The largest absolute Gasteiger partial charge is 0.317 e. The van der Waals surface area contributed by atoms with E-state index in [9.17, 15) is 8.42 Å². The van der Waals surface area contributed by atoms with Gasteiger partial charge in [0, 0.05) is 19.6 Å². The fourth-order valence-corrected chi connectivity index (χ4v) is 3.73. The molecule has 0 bridgehead atoms. The van der Waals surface area contributed by atoms with Crippen LogP contribution in [0.1, 0.15) is 40.5 Å². The maximum absolute atomic E-state index is 12.2. The van der Waals surface area contributed by atoms with E-state index in [-0.39, 0.29) is 5.41 Å². The molecule has 0 saturated carbocycles. The highest BCUT2D eigenvalue weighted by molar-refractivity contribution is 7.87. The molecular formula is C13H29N3O2S. The second kappa shape index (κ2) is 7.02. The first-order valence-corrected chi connectivity index (χ1v) is 8.64. The second-order valence-corrected chi connectivity index (χ2v) is 8.32. The summed E-state index contributed by atoms with van der Waals surface area (Å²) in [6.45, 7) is 11.7. The number of piperidine rings is 1. The lowest BCUT2D eigenvalue weighted by Crippen LogP contribution is -2.49. The maximum Gasteiger partial charge on any atom is 0.279 e. The Morgan fingerprint density at radius 3 is 2.58 bits per heavy atom. The van der Waals surface area contributed by atoms with E-state index in [1.54, 1.807) is 4.31 Å². The van der Waals surface area contributed by atoms with Crippen LogP contribution in [0.3, 0.4) is 0 Å². The van der Waals surface area contributed by atoms with Crippen molar-refractivity contribution >= 4 is 10.2 Å². The van der Waals surface area contributed by atoms with Crippen LogP contribution in [0.5, 0.6) is 0 Å². The molecule has 1 aliphatic rings. The van der Waals surface area contributed by atoms with E-state index in [0.29, 0.717) is 25.6 Å². The topological polar surface area (TPSA) is 61.4 Å². The molecule has 1 atom stereocenters. The van der Waals surface area contributed by atoms with Crippen molar-refractivity contribution in [3.8, 4) is 0 Å². The molecule has 1 saturated heterocycles. The van der Waals surface area contributed by atoms with Gasteiger partial charge in [-0.1, -0.05) is 27.7 Å². The van der Waals surface area contributed by atoms with Crippen molar-refractivity contribution in [2.45, 2.75) is 40.5 Å². The second-order valence-electron chi connectivity index (χ2n) is 6.56. The van der Waals surface area contributed by atoms with Gasteiger partial charge in [0.2, 0.25) is 0 Å². The van der Waals surface area contributed by atoms with Gasteiger partial charge in [0.05, 0.1) is 0 Å². The van der Waals surface area contributed by atoms with Crippen molar-refractivity contribution in [1.82, 2.24) is 14.3 Å². The third-order valence-corrected chi connectivity index (χ3v) is 4.81. The Kier molecular flexibility index (Phi) is 6.23. The van der Waals surface area contributed by atoms with E-state index >= 15 is 0 Å². The Morgan fingerprint density at radius 1 is 1.32 bits per heavy atom. The first-order valence-electron chi connectivity index (χ1n) is 7.20. The van der Waals surface area contributed by atoms with Crippen LogP contribution in [-0.4, -0.2) is 45.4 Å². The highest BCUT2D eigenvalue weighted by Crippen LogP contribution is 2.19. The summed E-state index contributed by atoms with van der Waals surface area (Å²) in [5, 5.41) is 3.30. The molecule has 0 spiro atoms. The zero-order valence-corrected chi connectivity index (χ0v) is 13.5. The molecule has 0 aromatic rings. The molecule has 1 fully saturated rings. The molecule has 0 aromatic carbocycles. The first kappa shape index (κ1) is 16.9. The predicted molar refractivity (Wildman–Crippen MR) is 79.2 cm³/mol. The third kappa shape index (κ3) is 6.21. The normalized spacial score (nSPS) is 22.6. The minimum atomic E-state index is -3.32. The average Bonchev–Trinajstić information content (AvgIpc) is 2.34. The number of nitrogens with one attached hydrogen (secondary N) is 2. The molecule has 2 N–H and O–H groups in total. The van der Waals surface area contributed by atoms with Gasteiger partial charge in [-0.2, -0.15) is 12.7 Å². The summed E-state index contributed by atoms with van der Waals surface area (Å²) in [7, 11) is -3.32. The van der Waals surface area contributed by atoms with E-state index in [0.717, 1.165) is 25.9 Å². The van der Waals surface area contributed by atoms with E-state index in [1.807, 2.05) is 20.8 Å². The van der Waals surface area contributed by atoms with E-state index in [2.05, 4.69) is 17.0 Å². The Balaban J connectivity index is 2.53. The first-order chi connectivity index (χ1) is 8.74. The van der Waals surface area contributed by atoms with Crippen LogP contribution in [0, 0.1) is 11.3 Å². The van der Waals surface area contributed by atoms with Crippen molar-refractivity contribution in [2.75, 3.05) is 32.7 Å². The van der Waals surface area contributed by atoms with Crippen LogP contribution in [0.25, 0.3) is 0 Å². The van der Waals surface area contributed by atoms with Crippen LogP contribution in [0.4, 0.5) is 0 Å². The van der Waals surface area contributed by atoms with Crippen molar-refractivity contribution in [3.05, 3.63) is 0 Å². The van der Waals surface area contributed by atoms with Crippen molar-refractivity contribution in [2.24, 2.45) is 11.3 Å². The van der Waals surface area contributed by atoms with Gasteiger partial charge in [-0.25, -0.2) is 4.72 Å². The van der Waals surface area contributed by atoms with Gasteiger partial charge >= 0.3 is 0 Å². The highest BCUT2D eigenvalue weighted by atomic mass is 32.2. The summed E-state index contributed by atoms with van der Waals surface area (Å²) in [5.41, 5.74) is -0.0357. The van der Waals surface area contributed by atoms with Crippen molar-refractivity contribution in [3.63, 3.8) is 0 Å².